The van der Waals surface area contributed by atoms with E-state index in [0.29, 0.717) is 30.4 Å². The van der Waals surface area contributed by atoms with Gasteiger partial charge in [-0.25, -0.2) is 9.48 Å². The predicted molar refractivity (Wildman–Crippen MR) is 69.2 cm³/mol. The van der Waals surface area contributed by atoms with Crippen molar-refractivity contribution in [2.75, 3.05) is 18.5 Å². The molecule has 0 radical (unpaired) electrons. The summed E-state index contributed by atoms with van der Waals surface area (Å²) < 4.78 is 11.9. The number of amides is 1. The number of benzene rings is 1. The number of carbonyl (C=O) groups excluding carboxylic acids is 1. The largest absolute Gasteiger partial charge is 0.486 e. The molecule has 8 nitrogen and oxygen atoms in total. The monoisotopic (exact) mass is 276 g/mol. The van der Waals surface area contributed by atoms with E-state index in [-0.39, 0.29) is 5.82 Å². The number of ether oxygens (including phenoxy) is 2. The van der Waals surface area contributed by atoms with Crippen molar-refractivity contribution < 1.29 is 14.3 Å². The quantitative estimate of drug-likeness (QED) is 0.812. The van der Waals surface area contributed by atoms with E-state index in [0.717, 1.165) is 4.68 Å². The second-order valence-corrected chi connectivity index (χ2v) is 4.21. The fourth-order valence-corrected chi connectivity index (χ4v) is 1.82. The van der Waals surface area contributed by atoms with Crippen LogP contribution in [-0.4, -0.2) is 33.9 Å². The van der Waals surface area contributed by atoms with Crippen molar-refractivity contribution >= 4 is 11.6 Å². The Hall–Kier alpha value is -2.77. The third-order valence-electron chi connectivity index (χ3n) is 2.78. The molecule has 8 heteroatoms. The van der Waals surface area contributed by atoms with Crippen LogP contribution < -0.4 is 20.5 Å². The number of fused-ring (bicyclic) bond motifs is 1. The van der Waals surface area contributed by atoms with E-state index < -0.39 is 11.6 Å². The molecule has 0 bridgehead atoms. The second-order valence-electron chi connectivity index (χ2n) is 4.21. The molecule has 0 atom stereocenters. The van der Waals surface area contributed by atoms with Crippen LogP contribution in [0.4, 0.5) is 5.69 Å². The zero-order valence-corrected chi connectivity index (χ0v) is 10.7. The third-order valence-corrected chi connectivity index (χ3v) is 2.78. The maximum Gasteiger partial charge on any atom is 0.343 e. The van der Waals surface area contributed by atoms with Gasteiger partial charge in [0.05, 0.1) is 0 Å². The van der Waals surface area contributed by atoms with Gasteiger partial charge in [-0.05, 0) is 12.1 Å². The first-order valence-corrected chi connectivity index (χ1v) is 5.98. The molecule has 104 valence electrons. The summed E-state index contributed by atoms with van der Waals surface area (Å²) in [6.45, 7) is 0.978. The van der Waals surface area contributed by atoms with Crippen LogP contribution in [0.25, 0.3) is 0 Å². The number of hydrogen-bond acceptors (Lipinski definition) is 5. The Morgan fingerprint density at radius 2 is 2.10 bits per heavy atom. The summed E-state index contributed by atoms with van der Waals surface area (Å²) >= 11 is 0. The number of aromatic amines is 1. The number of anilines is 1. The van der Waals surface area contributed by atoms with Crippen LogP contribution in [0, 0.1) is 0 Å². The molecule has 3 rings (SSSR count). The Kier molecular flexibility index (Phi) is 2.90. The number of nitrogens with one attached hydrogen (secondary N) is 2. The minimum absolute atomic E-state index is 0.0487. The van der Waals surface area contributed by atoms with Gasteiger partial charge in [-0.3, -0.25) is 9.78 Å². The standard InChI is InChI=1S/C12H12N4O4/c1-16-12(18)14-10(15-16)11(17)13-7-2-3-8-9(6-7)20-5-4-19-8/h2-3,6H,4-5H2,1H3,(H,13,17)(H,14,15,18). The Morgan fingerprint density at radius 3 is 2.80 bits per heavy atom. The number of rotatable bonds is 2. The number of aromatic nitrogens is 3. The van der Waals surface area contributed by atoms with Crippen LogP contribution in [0.3, 0.4) is 0 Å². The highest BCUT2D eigenvalue weighted by Gasteiger charge is 2.15. The van der Waals surface area contributed by atoms with E-state index in [9.17, 15) is 9.59 Å². The average Bonchev–Trinajstić information content (AvgIpc) is 2.79. The summed E-state index contributed by atoms with van der Waals surface area (Å²) in [4.78, 5) is 25.5. The van der Waals surface area contributed by atoms with Gasteiger partial charge in [0.25, 0.3) is 5.91 Å². The molecule has 0 fully saturated rings. The van der Waals surface area contributed by atoms with Crippen LogP contribution in [0.2, 0.25) is 0 Å². The highest BCUT2D eigenvalue weighted by atomic mass is 16.6. The fourth-order valence-electron chi connectivity index (χ4n) is 1.82. The normalized spacial score (nSPS) is 13.1. The zero-order chi connectivity index (χ0) is 14.1. The predicted octanol–water partition coefficient (Wildman–Crippen LogP) is 0.132. The molecule has 20 heavy (non-hydrogen) atoms. The lowest BCUT2D eigenvalue weighted by molar-refractivity contribution is 0.101. The Bertz CT molecular complexity index is 718. The van der Waals surface area contributed by atoms with Crippen molar-refractivity contribution in [3.8, 4) is 11.5 Å². The zero-order valence-electron chi connectivity index (χ0n) is 10.7. The van der Waals surface area contributed by atoms with E-state index in [4.69, 9.17) is 9.47 Å². The molecule has 0 saturated carbocycles. The first-order valence-electron chi connectivity index (χ1n) is 5.98. The van der Waals surface area contributed by atoms with E-state index in [2.05, 4.69) is 15.4 Å². The molecule has 1 amide bonds. The van der Waals surface area contributed by atoms with Gasteiger partial charge in [-0.15, -0.1) is 5.10 Å². The maximum atomic E-state index is 11.9. The maximum absolute atomic E-state index is 11.9. The molecule has 1 aromatic heterocycles. The van der Waals surface area contributed by atoms with Crippen LogP contribution in [0.5, 0.6) is 11.5 Å². The van der Waals surface area contributed by atoms with Crippen molar-refractivity contribution in [1.82, 2.24) is 14.8 Å². The third kappa shape index (κ3) is 2.22. The van der Waals surface area contributed by atoms with Crippen molar-refractivity contribution in [3.05, 3.63) is 34.5 Å². The van der Waals surface area contributed by atoms with E-state index in [1.807, 2.05) is 0 Å². The first-order chi connectivity index (χ1) is 9.63. The summed E-state index contributed by atoms with van der Waals surface area (Å²) in [7, 11) is 1.46. The summed E-state index contributed by atoms with van der Waals surface area (Å²) in [6.07, 6.45) is 0. The van der Waals surface area contributed by atoms with Crippen LogP contribution in [0.15, 0.2) is 23.0 Å². The smallest absolute Gasteiger partial charge is 0.343 e. The molecule has 2 heterocycles. The van der Waals surface area contributed by atoms with Gasteiger partial charge >= 0.3 is 5.69 Å². The van der Waals surface area contributed by atoms with E-state index in [1.165, 1.54) is 7.05 Å². The minimum Gasteiger partial charge on any atom is -0.486 e. The first kappa shape index (κ1) is 12.3. The average molecular weight is 276 g/mol. The van der Waals surface area contributed by atoms with Crippen molar-refractivity contribution in [2.45, 2.75) is 0 Å². The molecule has 1 aliphatic rings. The molecule has 2 N–H and O–H groups in total. The summed E-state index contributed by atoms with van der Waals surface area (Å²) in [5, 5.41) is 6.40. The Labute approximate surface area is 113 Å². The van der Waals surface area contributed by atoms with Gasteiger partial charge < -0.3 is 14.8 Å². The van der Waals surface area contributed by atoms with Gasteiger partial charge in [0.15, 0.2) is 11.5 Å². The number of aryl methyl sites for hydroxylation is 1. The van der Waals surface area contributed by atoms with Crippen LogP contribution >= 0.6 is 0 Å². The summed E-state index contributed by atoms with van der Waals surface area (Å²) in [5.74, 6) is 0.663. The van der Waals surface area contributed by atoms with Gasteiger partial charge in [0.1, 0.15) is 13.2 Å². The van der Waals surface area contributed by atoms with Gasteiger partial charge in [0.2, 0.25) is 5.82 Å². The Morgan fingerprint density at radius 1 is 1.35 bits per heavy atom. The van der Waals surface area contributed by atoms with Crippen molar-refractivity contribution in [2.24, 2.45) is 7.05 Å². The van der Waals surface area contributed by atoms with Crippen LogP contribution in [-0.2, 0) is 7.05 Å². The molecule has 0 unspecified atom stereocenters. The van der Waals surface area contributed by atoms with E-state index >= 15 is 0 Å². The molecule has 0 saturated heterocycles. The van der Waals surface area contributed by atoms with Crippen molar-refractivity contribution in [3.63, 3.8) is 0 Å². The highest BCUT2D eigenvalue weighted by molar-refractivity contribution is 6.01. The molecular weight excluding hydrogens is 264 g/mol. The second kappa shape index (κ2) is 4.72. The number of nitrogens with zero attached hydrogens (tertiary/aromatic N) is 2. The summed E-state index contributed by atoms with van der Waals surface area (Å²) in [6, 6.07) is 5.06. The van der Waals surface area contributed by atoms with E-state index in [1.54, 1.807) is 18.2 Å². The SMILES string of the molecule is Cn1nc(C(=O)Nc2ccc3c(c2)OCCO3)[nH]c1=O. The van der Waals surface area contributed by atoms with Gasteiger partial charge in [-0.1, -0.05) is 0 Å². The van der Waals surface area contributed by atoms with Gasteiger partial charge in [0, 0.05) is 18.8 Å². The summed E-state index contributed by atoms with van der Waals surface area (Å²) in [5.41, 5.74) is 0.0862. The molecule has 0 spiro atoms. The topological polar surface area (TPSA) is 98.2 Å². The number of carbonyl (C=O) groups is 1. The number of hydrogen-bond donors (Lipinski definition) is 2. The van der Waals surface area contributed by atoms with Crippen molar-refractivity contribution in [1.29, 1.82) is 0 Å². The van der Waals surface area contributed by atoms with Gasteiger partial charge in [-0.2, -0.15) is 0 Å². The number of H-pyrrole nitrogens is 1. The molecule has 2 aromatic rings. The lowest BCUT2D eigenvalue weighted by Crippen LogP contribution is -2.17. The minimum atomic E-state index is -0.501. The lowest BCUT2D eigenvalue weighted by Gasteiger charge is -2.18. The van der Waals surface area contributed by atoms with Crippen LogP contribution in [0.1, 0.15) is 10.6 Å². The lowest BCUT2D eigenvalue weighted by atomic mass is 10.2. The molecule has 1 aromatic carbocycles. The molecule has 1 aliphatic heterocycles. The highest BCUT2D eigenvalue weighted by Crippen LogP contribution is 2.32. The Balaban J connectivity index is 1.80. The molecule has 0 aliphatic carbocycles. The fraction of sp³-hybridized carbons (Fsp3) is 0.250. The molecular formula is C12H12N4O4.